The predicted molar refractivity (Wildman–Crippen MR) is 68.8 cm³/mol. The Balaban J connectivity index is 1.95. The van der Waals surface area contributed by atoms with Crippen LogP contribution in [0.3, 0.4) is 0 Å². The number of carboxylic acid groups (broad SMARTS) is 1. The second-order valence-electron chi connectivity index (χ2n) is 4.75. The predicted octanol–water partition coefficient (Wildman–Crippen LogP) is 2.71. The molecule has 1 heterocycles. The second kappa shape index (κ2) is 6.20. The van der Waals surface area contributed by atoms with Gasteiger partial charge in [-0.05, 0) is 37.8 Å². The van der Waals surface area contributed by atoms with Crippen LogP contribution < -0.4 is 0 Å². The summed E-state index contributed by atoms with van der Waals surface area (Å²) in [5, 5.41) is 9.01. The van der Waals surface area contributed by atoms with Crippen LogP contribution in [0.15, 0.2) is 24.5 Å². The molecule has 3 nitrogen and oxygen atoms in total. The van der Waals surface area contributed by atoms with Gasteiger partial charge in [-0.25, -0.2) is 0 Å². The Bertz CT molecular complexity index is 458. The Kier molecular flexibility index (Phi) is 4.35. The molecule has 94 valence electrons. The van der Waals surface area contributed by atoms with Crippen LogP contribution in [0, 0.1) is 23.7 Å². The monoisotopic (exact) mass is 243 g/mol. The number of aromatic nitrogens is 1. The summed E-state index contributed by atoms with van der Waals surface area (Å²) in [4.78, 5) is 14.9. The molecular formula is C15H17NO2. The third-order valence-electron chi connectivity index (χ3n) is 3.42. The smallest absolute Gasteiger partial charge is 0.306 e. The van der Waals surface area contributed by atoms with Gasteiger partial charge in [0.15, 0.2) is 0 Å². The molecule has 0 saturated heterocycles. The molecule has 1 saturated carbocycles. The van der Waals surface area contributed by atoms with Crippen molar-refractivity contribution in [1.82, 2.24) is 4.98 Å². The van der Waals surface area contributed by atoms with E-state index in [0.29, 0.717) is 5.92 Å². The molecule has 1 N–H and O–H groups in total. The molecule has 3 heteroatoms. The maximum Gasteiger partial charge on any atom is 0.306 e. The van der Waals surface area contributed by atoms with E-state index in [1.807, 2.05) is 12.1 Å². The number of pyridine rings is 1. The van der Waals surface area contributed by atoms with Crippen LogP contribution in [-0.2, 0) is 4.79 Å². The van der Waals surface area contributed by atoms with Crippen molar-refractivity contribution in [2.75, 3.05) is 0 Å². The van der Waals surface area contributed by atoms with E-state index in [1.54, 1.807) is 12.4 Å². The number of nitrogens with zero attached hydrogens (tertiary/aromatic N) is 1. The maximum atomic E-state index is 11.0. The highest BCUT2D eigenvalue weighted by Crippen LogP contribution is 2.27. The minimum absolute atomic E-state index is 0.169. The summed E-state index contributed by atoms with van der Waals surface area (Å²) in [6.07, 6.45) is 7.90. The van der Waals surface area contributed by atoms with Crippen molar-refractivity contribution in [3.8, 4) is 11.8 Å². The van der Waals surface area contributed by atoms with Crippen molar-refractivity contribution in [2.24, 2.45) is 11.8 Å². The lowest BCUT2D eigenvalue weighted by molar-refractivity contribution is -0.142. The average molecular weight is 243 g/mol. The Morgan fingerprint density at radius 3 is 2.72 bits per heavy atom. The normalized spacial score (nSPS) is 23.6. The van der Waals surface area contributed by atoms with Gasteiger partial charge in [0.05, 0.1) is 5.92 Å². The van der Waals surface area contributed by atoms with Crippen LogP contribution >= 0.6 is 0 Å². The number of carbonyl (C=O) groups is 1. The summed E-state index contributed by atoms with van der Waals surface area (Å²) in [5.41, 5.74) is 0.976. The molecule has 1 aliphatic carbocycles. The molecule has 1 fully saturated rings. The molecule has 2 unspecified atom stereocenters. The van der Waals surface area contributed by atoms with Crippen LogP contribution in [0.5, 0.6) is 0 Å². The fraction of sp³-hybridized carbons (Fsp3) is 0.467. The number of hydrogen-bond acceptors (Lipinski definition) is 2. The zero-order chi connectivity index (χ0) is 12.8. The Morgan fingerprint density at radius 2 is 2.00 bits per heavy atom. The molecule has 0 bridgehead atoms. The van der Waals surface area contributed by atoms with E-state index in [0.717, 1.165) is 37.7 Å². The standard InChI is InChI=1S/C15H17NO2/c17-15(18)14-3-1-2-12(6-7-14)4-5-13-8-10-16-11-9-13/h8-12,14H,1-3,6-7H2,(H,17,18). The molecular weight excluding hydrogens is 226 g/mol. The van der Waals surface area contributed by atoms with Crippen LogP contribution in [0.1, 0.15) is 37.7 Å². The van der Waals surface area contributed by atoms with Crippen LogP contribution in [0.25, 0.3) is 0 Å². The lowest BCUT2D eigenvalue weighted by Crippen LogP contribution is -2.12. The highest BCUT2D eigenvalue weighted by atomic mass is 16.4. The summed E-state index contributed by atoms with van der Waals surface area (Å²) >= 11 is 0. The maximum absolute atomic E-state index is 11.0. The van der Waals surface area contributed by atoms with E-state index >= 15 is 0 Å². The third-order valence-corrected chi connectivity index (χ3v) is 3.42. The summed E-state index contributed by atoms with van der Waals surface area (Å²) in [6.45, 7) is 0. The van der Waals surface area contributed by atoms with Crippen LogP contribution in [0.4, 0.5) is 0 Å². The zero-order valence-electron chi connectivity index (χ0n) is 10.3. The first-order chi connectivity index (χ1) is 8.75. The molecule has 0 radical (unpaired) electrons. The summed E-state index contributed by atoms with van der Waals surface area (Å²) in [7, 11) is 0. The van der Waals surface area contributed by atoms with Crippen molar-refractivity contribution >= 4 is 5.97 Å². The Morgan fingerprint density at radius 1 is 1.22 bits per heavy atom. The average Bonchev–Trinajstić information content (AvgIpc) is 2.63. The van der Waals surface area contributed by atoms with Gasteiger partial charge in [-0.15, -0.1) is 0 Å². The van der Waals surface area contributed by atoms with Gasteiger partial charge in [0.1, 0.15) is 0 Å². The van der Waals surface area contributed by atoms with Crippen molar-refractivity contribution < 1.29 is 9.90 Å². The lowest BCUT2D eigenvalue weighted by atomic mass is 9.98. The molecule has 18 heavy (non-hydrogen) atoms. The van der Waals surface area contributed by atoms with Crippen LogP contribution in [-0.4, -0.2) is 16.1 Å². The van der Waals surface area contributed by atoms with E-state index in [4.69, 9.17) is 5.11 Å². The van der Waals surface area contributed by atoms with Gasteiger partial charge in [-0.2, -0.15) is 0 Å². The quantitative estimate of drug-likeness (QED) is 0.609. The van der Waals surface area contributed by atoms with Crippen molar-refractivity contribution in [3.05, 3.63) is 30.1 Å². The summed E-state index contributed by atoms with van der Waals surface area (Å²) < 4.78 is 0. The van der Waals surface area contributed by atoms with Gasteiger partial charge in [0, 0.05) is 23.9 Å². The fourth-order valence-electron chi connectivity index (χ4n) is 2.31. The van der Waals surface area contributed by atoms with Gasteiger partial charge in [0.2, 0.25) is 0 Å². The first-order valence-corrected chi connectivity index (χ1v) is 6.40. The first kappa shape index (κ1) is 12.6. The van der Waals surface area contributed by atoms with E-state index in [1.165, 1.54) is 0 Å². The number of aliphatic carboxylic acids is 1. The van der Waals surface area contributed by atoms with Gasteiger partial charge >= 0.3 is 5.97 Å². The Hall–Kier alpha value is -1.82. The van der Waals surface area contributed by atoms with Gasteiger partial charge in [-0.1, -0.05) is 18.3 Å². The molecule has 0 aliphatic heterocycles. The molecule has 2 rings (SSSR count). The topological polar surface area (TPSA) is 50.2 Å². The lowest BCUT2D eigenvalue weighted by Gasteiger charge is -2.07. The van der Waals surface area contributed by atoms with E-state index in [2.05, 4.69) is 16.8 Å². The highest BCUT2D eigenvalue weighted by Gasteiger charge is 2.22. The minimum Gasteiger partial charge on any atom is -0.481 e. The molecule has 1 aliphatic rings. The van der Waals surface area contributed by atoms with Gasteiger partial charge < -0.3 is 5.11 Å². The largest absolute Gasteiger partial charge is 0.481 e. The van der Waals surface area contributed by atoms with Gasteiger partial charge in [-0.3, -0.25) is 9.78 Å². The van der Waals surface area contributed by atoms with E-state index in [9.17, 15) is 4.79 Å². The van der Waals surface area contributed by atoms with E-state index in [-0.39, 0.29) is 5.92 Å². The molecule has 1 aromatic rings. The van der Waals surface area contributed by atoms with E-state index < -0.39 is 5.97 Å². The summed E-state index contributed by atoms with van der Waals surface area (Å²) in [5.74, 6) is 5.93. The molecule has 0 spiro atoms. The molecule has 1 aromatic heterocycles. The first-order valence-electron chi connectivity index (χ1n) is 6.40. The van der Waals surface area contributed by atoms with Crippen LogP contribution in [0.2, 0.25) is 0 Å². The Labute approximate surface area is 107 Å². The minimum atomic E-state index is -0.655. The number of hydrogen-bond donors (Lipinski definition) is 1. The van der Waals surface area contributed by atoms with Crippen molar-refractivity contribution in [2.45, 2.75) is 32.1 Å². The molecule has 0 aromatic carbocycles. The van der Waals surface area contributed by atoms with Crippen molar-refractivity contribution in [3.63, 3.8) is 0 Å². The highest BCUT2D eigenvalue weighted by molar-refractivity contribution is 5.69. The molecule has 2 atom stereocenters. The third kappa shape index (κ3) is 3.59. The fourth-order valence-corrected chi connectivity index (χ4v) is 2.31. The summed E-state index contributed by atoms with van der Waals surface area (Å²) in [6, 6.07) is 3.79. The SMILES string of the molecule is O=C(O)C1CCCC(C#Cc2ccncc2)CC1. The number of rotatable bonds is 1. The number of carboxylic acids is 1. The second-order valence-corrected chi connectivity index (χ2v) is 4.75. The van der Waals surface area contributed by atoms with Gasteiger partial charge in [0.25, 0.3) is 0 Å². The zero-order valence-corrected chi connectivity index (χ0v) is 10.3. The van der Waals surface area contributed by atoms with Crippen molar-refractivity contribution in [1.29, 1.82) is 0 Å². The molecule has 0 amide bonds.